The third-order valence-corrected chi connectivity index (χ3v) is 2.88. The molecular weight excluding hydrogens is 206 g/mol. The first-order valence-corrected chi connectivity index (χ1v) is 5.81. The van der Waals surface area contributed by atoms with Crippen LogP contribution in [0.2, 0.25) is 0 Å². The average molecular weight is 227 g/mol. The van der Waals surface area contributed by atoms with Crippen molar-refractivity contribution in [3.63, 3.8) is 0 Å². The van der Waals surface area contributed by atoms with Gasteiger partial charge in [0.05, 0.1) is 0 Å². The summed E-state index contributed by atoms with van der Waals surface area (Å²) in [7, 11) is 0. The fourth-order valence-corrected chi connectivity index (χ4v) is 1.63. The van der Waals surface area contributed by atoms with E-state index in [1.54, 1.807) is 4.90 Å². The lowest BCUT2D eigenvalue weighted by atomic mass is 9.91. The van der Waals surface area contributed by atoms with Crippen LogP contribution in [0.1, 0.15) is 40.5 Å². The van der Waals surface area contributed by atoms with Crippen LogP contribution < -0.4 is 0 Å². The molecule has 0 atom stereocenters. The van der Waals surface area contributed by atoms with Gasteiger partial charge in [0.15, 0.2) is 0 Å². The summed E-state index contributed by atoms with van der Waals surface area (Å²) in [4.78, 5) is 25.0. The molecule has 0 saturated heterocycles. The Morgan fingerprint density at radius 2 is 1.88 bits per heavy atom. The van der Waals surface area contributed by atoms with Crippen molar-refractivity contribution in [1.29, 1.82) is 0 Å². The van der Waals surface area contributed by atoms with Gasteiger partial charge in [-0.25, -0.2) is 0 Å². The van der Waals surface area contributed by atoms with Crippen molar-refractivity contribution >= 4 is 11.9 Å². The predicted octanol–water partition coefficient (Wildman–Crippen LogP) is 1.74. The molecule has 0 aliphatic heterocycles. The van der Waals surface area contributed by atoms with Crippen molar-refractivity contribution in [3.8, 4) is 0 Å². The Hall–Kier alpha value is -1.06. The maximum atomic E-state index is 12.2. The van der Waals surface area contributed by atoms with Crippen molar-refractivity contribution in [2.24, 2.45) is 11.3 Å². The predicted molar refractivity (Wildman–Crippen MR) is 61.0 cm³/mol. The number of amides is 1. The standard InChI is InChI=1S/C12H21NO3/c1-8(2)7-13(9-5-6-9)10(14)12(3,4)11(15)16/h8-9H,5-7H2,1-4H3,(H,15,16). The third-order valence-electron chi connectivity index (χ3n) is 2.88. The van der Waals surface area contributed by atoms with Gasteiger partial charge in [0.1, 0.15) is 5.41 Å². The van der Waals surface area contributed by atoms with Crippen LogP contribution in [0.4, 0.5) is 0 Å². The highest BCUT2D eigenvalue weighted by molar-refractivity contribution is 6.01. The van der Waals surface area contributed by atoms with Crippen LogP contribution in [0.3, 0.4) is 0 Å². The molecule has 1 rings (SSSR count). The van der Waals surface area contributed by atoms with Crippen LogP contribution in [0.5, 0.6) is 0 Å². The normalized spacial score (nSPS) is 16.3. The first-order chi connectivity index (χ1) is 7.26. The zero-order chi connectivity index (χ0) is 12.5. The molecule has 0 unspecified atom stereocenters. The Bertz CT molecular complexity index is 293. The van der Waals surface area contributed by atoms with Gasteiger partial charge in [-0.15, -0.1) is 0 Å². The number of rotatable bonds is 5. The van der Waals surface area contributed by atoms with E-state index in [9.17, 15) is 9.59 Å². The van der Waals surface area contributed by atoms with Gasteiger partial charge >= 0.3 is 5.97 Å². The van der Waals surface area contributed by atoms with Gasteiger partial charge in [-0.05, 0) is 32.6 Å². The lowest BCUT2D eigenvalue weighted by Gasteiger charge is -2.30. The molecule has 0 aromatic heterocycles. The SMILES string of the molecule is CC(C)CN(C(=O)C(C)(C)C(=O)O)C1CC1. The molecule has 4 heteroatoms. The number of hydrogen-bond acceptors (Lipinski definition) is 2. The Balaban J connectivity index is 2.78. The van der Waals surface area contributed by atoms with Crippen molar-refractivity contribution in [2.45, 2.75) is 46.6 Å². The van der Waals surface area contributed by atoms with E-state index in [-0.39, 0.29) is 11.9 Å². The molecule has 1 aliphatic rings. The topological polar surface area (TPSA) is 57.6 Å². The average Bonchev–Trinajstić information content (AvgIpc) is 2.95. The maximum absolute atomic E-state index is 12.2. The van der Waals surface area contributed by atoms with Crippen molar-refractivity contribution in [3.05, 3.63) is 0 Å². The summed E-state index contributed by atoms with van der Waals surface area (Å²) in [5, 5.41) is 9.05. The molecule has 0 spiro atoms. The number of aliphatic carboxylic acids is 1. The second-order valence-corrected chi connectivity index (χ2v) is 5.51. The fourth-order valence-electron chi connectivity index (χ4n) is 1.63. The highest BCUT2D eigenvalue weighted by Crippen LogP contribution is 2.31. The molecule has 4 nitrogen and oxygen atoms in total. The van der Waals surface area contributed by atoms with Crippen LogP contribution in [0.25, 0.3) is 0 Å². The Labute approximate surface area is 96.6 Å². The van der Waals surface area contributed by atoms with Crippen LogP contribution in [0.15, 0.2) is 0 Å². The summed E-state index contributed by atoms with van der Waals surface area (Å²) in [6.45, 7) is 7.69. The molecule has 16 heavy (non-hydrogen) atoms. The summed E-state index contributed by atoms with van der Waals surface area (Å²) < 4.78 is 0. The lowest BCUT2D eigenvalue weighted by Crippen LogP contribution is -2.47. The van der Waals surface area contributed by atoms with Gasteiger partial charge in [-0.3, -0.25) is 9.59 Å². The van der Waals surface area contributed by atoms with Gasteiger partial charge in [0.2, 0.25) is 5.91 Å². The largest absolute Gasteiger partial charge is 0.480 e. The summed E-state index contributed by atoms with van der Waals surface area (Å²) >= 11 is 0. The first kappa shape index (κ1) is 13.0. The highest BCUT2D eigenvalue weighted by atomic mass is 16.4. The lowest BCUT2D eigenvalue weighted by molar-refractivity contribution is -0.158. The summed E-state index contributed by atoms with van der Waals surface area (Å²) in [5.41, 5.74) is -1.31. The molecule has 0 heterocycles. The van der Waals surface area contributed by atoms with Gasteiger partial charge in [-0.2, -0.15) is 0 Å². The number of carbonyl (C=O) groups excluding carboxylic acids is 1. The molecule has 0 radical (unpaired) electrons. The van der Waals surface area contributed by atoms with E-state index in [2.05, 4.69) is 0 Å². The molecule has 1 amide bonds. The van der Waals surface area contributed by atoms with Gasteiger partial charge in [-0.1, -0.05) is 13.8 Å². The molecule has 1 saturated carbocycles. The van der Waals surface area contributed by atoms with E-state index in [0.29, 0.717) is 12.5 Å². The molecule has 1 aliphatic carbocycles. The van der Waals surface area contributed by atoms with Gasteiger partial charge in [0.25, 0.3) is 0 Å². The minimum atomic E-state index is -1.31. The van der Waals surface area contributed by atoms with E-state index in [4.69, 9.17) is 5.11 Å². The van der Waals surface area contributed by atoms with E-state index in [1.165, 1.54) is 13.8 Å². The van der Waals surface area contributed by atoms with Crippen LogP contribution in [-0.2, 0) is 9.59 Å². The van der Waals surface area contributed by atoms with E-state index < -0.39 is 11.4 Å². The van der Waals surface area contributed by atoms with Crippen molar-refractivity contribution in [1.82, 2.24) is 4.90 Å². The van der Waals surface area contributed by atoms with Crippen molar-refractivity contribution < 1.29 is 14.7 Å². The Morgan fingerprint density at radius 1 is 1.38 bits per heavy atom. The molecule has 92 valence electrons. The second-order valence-electron chi connectivity index (χ2n) is 5.51. The number of carboxylic acid groups (broad SMARTS) is 1. The minimum Gasteiger partial charge on any atom is -0.480 e. The Morgan fingerprint density at radius 3 is 2.19 bits per heavy atom. The molecular formula is C12H21NO3. The smallest absolute Gasteiger partial charge is 0.318 e. The van der Waals surface area contributed by atoms with E-state index >= 15 is 0 Å². The number of carboxylic acids is 1. The quantitative estimate of drug-likeness (QED) is 0.728. The summed E-state index contributed by atoms with van der Waals surface area (Å²) in [5.74, 6) is -0.933. The number of carbonyl (C=O) groups is 2. The van der Waals surface area contributed by atoms with Crippen LogP contribution in [0, 0.1) is 11.3 Å². The van der Waals surface area contributed by atoms with Gasteiger partial charge in [0, 0.05) is 12.6 Å². The number of nitrogens with zero attached hydrogens (tertiary/aromatic N) is 1. The highest BCUT2D eigenvalue weighted by Gasteiger charge is 2.43. The molecule has 1 N–H and O–H groups in total. The monoisotopic (exact) mass is 227 g/mol. The van der Waals surface area contributed by atoms with E-state index in [1.807, 2.05) is 13.8 Å². The van der Waals surface area contributed by atoms with Crippen LogP contribution in [-0.4, -0.2) is 34.5 Å². The zero-order valence-electron chi connectivity index (χ0n) is 10.5. The molecule has 0 aromatic carbocycles. The number of hydrogen-bond donors (Lipinski definition) is 1. The van der Waals surface area contributed by atoms with E-state index in [0.717, 1.165) is 12.8 Å². The molecule has 0 bridgehead atoms. The maximum Gasteiger partial charge on any atom is 0.318 e. The fraction of sp³-hybridized carbons (Fsp3) is 0.833. The third kappa shape index (κ3) is 2.74. The van der Waals surface area contributed by atoms with Crippen molar-refractivity contribution in [2.75, 3.05) is 6.54 Å². The first-order valence-electron chi connectivity index (χ1n) is 5.81. The zero-order valence-corrected chi connectivity index (χ0v) is 10.5. The summed E-state index contributed by atoms with van der Waals surface area (Å²) in [6.07, 6.45) is 2.02. The molecule has 1 fully saturated rings. The summed E-state index contributed by atoms with van der Waals surface area (Å²) in [6, 6.07) is 0.272. The van der Waals surface area contributed by atoms with Gasteiger partial charge < -0.3 is 10.0 Å². The molecule has 0 aromatic rings. The second kappa shape index (κ2) is 4.44. The minimum absolute atomic E-state index is 0.254. The van der Waals surface area contributed by atoms with Crippen LogP contribution >= 0.6 is 0 Å². The Kier molecular flexibility index (Phi) is 3.61.